The second-order valence-corrected chi connectivity index (χ2v) is 3.53. The molecule has 0 spiro atoms. The first kappa shape index (κ1) is 11.8. The number of halogens is 1. The van der Waals surface area contributed by atoms with Crippen molar-refractivity contribution < 1.29 is 9.53 Å². The fraction of sp³-hybridized carbons (Fsp3) is 0.300. The molecule has 1 aromatic carbocycles. The van der Waals surface area contributed by atoms with Crippen molar-refractivity contribution in [2.45, 2.75) is 13.0 Å². The summed E-state index contributed by atoms with van der Waals surface area (Å²) in [5.74, 6) is 0.338. The van der Waals surface area contributed by atoms with Crippen molar-refractivity contribution in [3.63, 3.8) is 0 Å². The lowest BCUT2D eigenvalue weighted by molar-refractivity contribution is -0.117. The zero-order valence-electron chi connectivity index (χ0n) is 8.58. The molecule has 15 heavy (non-hydrogen) atoms. The fourth-order valence-electron chi connectivity index (χ4n) is 0.974. The number of hydrogen-bond acceptors (Lipinski definition) is 3. The van der Waals surface area contributed by atoms with Crippen molar-refractivity contribution >= 4 is 23.2 Å². The minimum atomic E-state index is -0.577. The number of benzene rings is 1. The van der Waals surface area contributed by atoms with Crippen molar-refractivity contribution in [3.8, 4) is 5.75 Å². The number of carbonyl (C=O) groups excluding carboxylic acids is 1. The Morgan fingerprint density at radius 3 is 2.80 bits per heavy atom. The maximum absolute atomic E-state index is 11.3. The highest BCUT2D eigenvalue weighted by atomic mass is 35.5. The number of amides is 1. The van der Waals surface area contributed by atoms with E-state index in [1.54, 1.807) is 32.2 Å². The molecule has 1 atom stereocenters. The summed E-state index contributed by atoms with van der Waals surface area (Å²) in [6.07, 6.45) is 0. The first-order valence-corrected chi connectivity index (χ1v) is 4.82. The lowest BCUT2D eigenvalue weighted by atomic mass is 10.2. The SMILES string of the molecule is COc1ccc(Cl)c(NC(=O)[C@@H](C)N)c1. The summed E-state index contributed by atoms with van der Waals surface area (Å²) in [6, 6.07) is 4.43. The Labute approximate surface area is 93.4 Å². The van der Waals surface area contributed by atoms with Crippen LogP contribution in [0.15, 0.2) is 18.2 Å². The highest BCUT2D eigenvalue weighted by molar-refractivity contribution is 6.33. The smallest absolute Gasteiger partial charge is 0.241 e. The molecule has 0 aliphatic rings. The van der Waals surface area contributed by atoms with Crippen LogP contribution < -0.4 is 15.8 Å². The molecule has 0 radical (unpaired) electrons. The van der Waals surface area contributed by atoms with Gasteiger partial charge in [0.15, 0.2) is 0 Å². The number of ether oxygens (including phenoxy) is 1. The molecular formula is C10H13ClN2O2. The number of rotatable bonds is 3. The molecule has 0 fully saturated rings. The third kappa shape index (κ3) is 3.11. The Morgan fingerprint density at radius 1 is 1.60 bits per heavy atom. The number of anilines is 1. The number of nitrogens with two attached hydrogens (primary N) is 1. The third-order valence-electron chi connectivity index (χ3n) is 1.84. The van der Waals surface area contributed by atoms with Gasteiger partial charge < -0.3 is 15.8 Å². The van der Waals surface area contributed by atoms with Crippen molar-refractivity contribution in [2.75, 3.05) is 12.4 Å². The first-order chi connectivity index (χ1) is 7.04. The van der Waals surface area contributed by atoms with Gasteiger partial charge in [-0.1, -0.05) is 11.6 Å². The average molecular weight is 229 g/mol. The molecule has 5 heteroatoms. The summed E-state index contributed by atoms with van der Waals surface area (Å²) >= 11 is 5.89. The summed E-state index contributed by atoms with van der Waals surface area (Å²) < 4.78 is 5.01. The van der Waals surface area contributed by atoms with Crippen LogP contribution in [0.2, 0.25) is 5.02 Å². The summed E-state index contributed by atoms with van der Waals surface area (Å²) in [5, 5.41) is 3.06. The molecule has 0 heterocycles. The van der Waals surface area contributed by atoms with Crippen molar-refractivity contribution in [3.05, 3.63) is 23.2 Å². The van der Waals surface area contributed by atoms with Gasteiger partial charge in [-0.2, -0.15) is 0 Å². The fourth-order valence-corrected chi connectivity index (χ4v) is 1.14. The molecule has 0 aliphatic carbocycles. The molecule has 0 saturated carbocycles. The molecule has 0 unspecified atom stereocenters. The van der Waals surface area contributed by atoms with E-state index in [-0.39, 0.29) is 5.91 Å². The Hall–Kier alpha value is -1.26. The molecule has 3 N–H and O–H groups in total. The van der Waals surface area contributed by atoms with E-state index in [4.69, 9.17) is 22.1 Å². The summed E-state index contributed by atoms with van der Waals surface area (Å²) in [7, 11) is 1.54. The van der Waals surface area contributed by atoms with E-state index in [0.29, 0.717) is 16.5 Å². The largest absolute Gasteiger partial charge is 0.497 e. The van der Waals surface area contributed by atoms with Crippen LogP contribution >= 0.6 is 11.6 Å². The third-order valence-corrected chi connectivity index (χ3v) is 2.17. The lowest BCUT2D eigenvalue weighted by Crippen LogP contribution is -2.32. The van der Waals surface area contributed by atoms with Gasteiger partial charge in [-0.05, 0) is 19.1 Å². The van der Waals surface area contributed by atoms with Crippen LogP contribution in [0.5, 0.6) is 5.75 Å². The quantitative estimate of drug-likeness (QED) is 0.827. The highest BCUT2D eigenvalue weighted by Gasteiger charge is 2.10. The number of nitrogens with one attached hydrogen (secondary N) is 1. The van der Waals surface area contributed by atoms with Crippen LogP contribution in [-0.2, 0) is 4.79 Å². The molecule has 1 amide bonds. The monoisotopic (exact) mass is 228 g/mol. The zero-order valence-corrected chi connectivity index (χ0v) is 9.34. The van der Waals surface area contributed by atoms with Crippen LogP contribution in [0, 0.1) is 0 Å². The van der Waals surface area contributed by atoms with Crippen LogP contribution in [0.3, 0.4) is 0 Å². The van der Waals surface area contributed by atoms with E-state index >= 15 is 0 Å². The summed E-state index contributed by atoms with van der Waals surface area (Å²) in [5.41, 5.74) is 5.92. The second-order valence-electron chi connectivity index (χ2n) is 3.12. The van der Waals surface area contributed by atoms with Gasteiger partial charge in [0.1, 0.15) is 5.75 Å². The van der Waals surface area contributed by atoms with E-state index < -0.39 is 6.04 Å². The van der Waals surface area contributed by atoms with Gasteiger partial charge >= 0.3 is 0 Å². The molecule has 0 saturated heterocycles. The number of carbonyl (C=O) groups is 1. The molecule has 0 aromatic heterocycles. The van der Waals surface area contributed by atoms with Crippen LogP contribution in [-0.4, -0.2) is 19.1 Å². The molecule has 0 bridgehead atoms. The van der Waals surface area contributed by atoms with Gasteiger partial charge in [0.05, 0.1) is 23.9 Å². The normalized spacial score (nSPS) is 12.0. The predicted molar refractivity (Wildman–Crippen MR) is 60.3 cm³/mol. The molecule has 1 aromatic rings. The minimum Gasteiger partial charge on any atom is -0.497 e. The second kappa shape index (κ2) is 5.00. The van der Waals surface area contributed by atoms with E-state index in [1.807, 2.05) is 0 Å². The molecule has 0 aliphatic heterocycles. The van der Waals surface area contributed by atoms with Crippen LogP contribution in [0.25, 0.3) is 0 Å². The maximum Gasteiger partial charge on any atom is 0.241 e. The summed E-state index contributed by atoms with van der Waals surface area (Å²) in [4.78, 5) is 11.3. The molecule has 82 valence electrons. The highest BCUT2D eigenvalue weighted by Crippen LogP contribution is 2.26. The first-order valence-electron chi connectivity index (χ1n) is 4.44. The Morgan fingerprint density at radius 2 is 2.27 bits per heavy atom. The van der Waals surface area contributed by atoms with Crippen molar-refractivity contribution in [1.29, 1.82) is 0 Å². The van der Waals surface area contributed by atoms with Gasteiger partial charge in [-0.15, -0.1) is 0 Å². The van der Waals surface area contributed by atoms with Gasteiger partial charge in [0.25, 0.3) is 0 Å². The van der Waals surface area contributed by atoms with Crippen LogP contribution in [0.1, 0.15) is 6.92 Å². The summed E-state index contributed by atoms with van der Waals surface area (Å²) in [6.45, 7) is 1.60. The Balaban J connectivity index is 2.88. The van der Waals surface area contributed by atoms with E-state index in [1.165, 1.54) is 0 Å². The number of hydrogen-bond donors (Lipinski definition) is 2. The predicted octanol–water partition coefficient (Wildman–Crippen LogP) is 1.63. The molecular weight excluding hydrogens is 216 g/mol. The lowest BCUT2D eigenvalue weighted by Gasteiger charge is -2.10. The van der Waals surface area contributed by atoms with Gasteiger partial charge in [0, 0.05) is 6.07 Å². The van der Waals surface area contributed by atoms with E-state index in [2.05, 4.69) is 5.32 Å². The van der Waals surface area contributed by atoms with Crippen molar-refractivity contribution in [1.82, 2.24) is 0 Å². The maximum atomic E-state index is 11.3. The zero-order chi connectivity index (χ0) is 11.4. The average Bonchev–Trinajstić information content (AvgIpc) is 2.21. The van der Waals surface area contributed by atoms with Gasteiger partial charge in [-0.25, -0.2) is 0 Å². The topological polar surface area (TPSA) is 64.3 Å². The van der Waals surface area contributed by atoms with E-state index in [9.17, 15) is 4.79 Å². The number of methoxy groups -OCH3 is 1. The van der Waals surface area contributed by atoms with Gasteiger partial charge in [-0.3, -0.25) is 4.79 Å². The van der Waals surface area contributed by atoms with Crippen molar-refractivity contribution in [2.24, 2.45) is 5.73 Å². The standard InChI is InChI=1S/C10H13ClN2O2/c1-6(12)10(14)13-9-5-7(15-2)3-4-8(9)11/h3-6H,12H2,1-2H3,(H,13,14)/t6-/m1/s1. The molecule has 4 nitrogen and oxygen atoms in total. The Bertz CT molecular complexity index is 366. The van der Waals surface area contributed by atoms with E-state index in [0.717, 1.165) is 0 Å². The van der Waals surface area contributed by atoms with Crippen LogP contribution in [0.4, 0.5) is 5.69 Å². The van der Waals surface area contributed by atoms with Gasteiger partial charge in [0.2, 0.25) is 5.91 Å². The Kier molecular flexibility index (Phi) is 3.94. The minimum absolute atomic E-state index is 0.287. The molecule has 1 rings (SSSR count).